The molecular formula is C24H27F3N8O2. The Hall–Kier alpha value is -3.74. The highest BCUT2D eigenvalue weighted by atomic mass is 19.4. The first-order valence-electron chi connectivity index (χ1n) is 12.1. The Kier molecular flexibility index (Phi) is 6.71. The first-order chi connectivity index (χ1) is 17.7. The number of pyridine rings is 1. The lowest BCUT2D eigenvalue weighted by molar-refractivity contribution is -0.138. The second-order valence-electron chi connectivity index (χ2n) is 9.47. The molecule has 5 heterocycles. The van der Waals surface area contributed by atoms with E-state index in [9.17, 15) is 22.8 Å². The van der Waals surface area contributed by atoms with Crippen LogP contribution in [-0.2, 0) is 17.5 Å². The summed E-state index contributed by atoms with van der Waals surface area (Å²) in [5.74, 6) is 0.0503. The zero-order valence-electron chi connectivity index (χ0n) is 20.1. The molecule has 1 unspecified atom stereocenters. The van der Waals surface area contributed by atoms with Crippen molar-refractivity contribution < 1.29 is 22.8 Å². The Balaban J connectivity index is 1.11. The monoisotopic (exact) mass is 516 g/mol. The Morgan fingerprint density at radius 3 is 2.43 bits per heavy atom. The maximum Gasteiger partial charge on any atom is 0.419 e. The summed E-state index contributed by atoms with van der Waals surface area (Å²) in [6.45, 7) is 4.49. The van der Waals surface area contributed by atoms with Crippen LogP contribution in [0.3, 0.4) is 0 Å². The van der Waals surface area contributed by atoms with Crippen LogP contribution in [0.25, 0.3) is 11.0 Å². The number of anilines is 1. The van der Waals surface area contributed by atoms with Gasteiger partial charge in [0.15, 0.2) is 0 Å². The molecule has 2 saturated heterocycles. The van der Waals surface area contributed by atoms with Crippen LogP contribution in [0.2, 0.25) is 0 Å². The van der Waals surface area contributed by atoms with E-state index in [-0.39, 0.29) is 17.5 Å². The van der Waals surface area contributed by atoms with Gasteiger partial charge >= 0.3 is 6.18 Å². The summed E-state index contributed by atoms with van der Waals surface area (Å²) in [4.78, 5) is 42.2. The molecule has 2 N–H and O–H groups in total. The summed E-state index contributed by atoms with van der Waals surface area (Å²) in [5, 5.41) is 0.941. The molecule has 3 aromatic heterocycles. The van der Waals surface area contributed by atoms with Gasteiger partial charge < -0.3 is 20.1 Å². The number of nitrogens with two attached hydrogens (primary N) is 1. The molecule has 0 radical (unpaired) electrons. The van der Waals surface area contributed by atoms with Crippen LogP contribution in [0.15, 0.2) is 36.8 Å². The average Bonchev–Trinajstić information content (AvgIpc) is 3.50. The van der Waals surface area contributed by atoms with Gasteiger partial charge in [0.25, 0.3) is 5.91 Å². The minimum Gasteiger partial charge on any atom is -0.364 e. The van der Waals surface area contributed by atoms with E-state index in [0.717, 1.165) is 49.5 Å². The lowest BCUT2D eigenvalue weighted by Crippen LogP contribution is -2.51. The van der Waals surface area contributed by atoms with E-state index in [1.165, 1.54) is 0 Å². The van der Waals surface area contributed by atoms with Gasteiger partial charge in [0.2, 0.25) is 11.9 Å². The number of amides is 2. The fourth-order valence-corrected chi connectivity index (χ4v) is 4.91. The molecule has 37 heavy (non-hydrogen) atoms. The number of hydrogen-bond donors (Lipinski definition) is 1. The van der Waals surface area contributed by atoms with E-state index in [2.05, 4.69) is 19.9 Å². The maximum absolute atomic E-state index is 12.9. The van der Waals surface area contributed by atoms with E-state index in [4.69, 9.17) is 5.73 Å². The van der Waals surface area contributed by atoms with Gasteiger partial charge in [-0.25, -0.2) is 15.0 Å². The van der Waals surface area contributed by atoms with Gasteiger partial charge in [-0.15, -0.1) is 0 Å². The van der Waals surface area contributed by atoms with Crippen LogP contribution in [0.4, 0.5) is 19.1 Å². The Bertz CT molecular complexity index is 1290. The number of primary amides is 1. The smallest absolute Gasteiger partial charge is 0.364 e. The average molecular weight is 517 g/mol. The lowest BCUT2D eigenvalue weighted by Gasteiger charge is -2.35. The molecular weight excluding hydrogens is 489 g/mol. The molecule has 0 saturated carbocycles. The van der Waals surface area contributed by atoms with Gasteiger partial charge in [-0.1, -0.05) is 0 Å². The van der Waals surface area contributed by atoms with Gasteiger partial charge in [-0.3, -0.25) is 14.5 Å². The molecule has 196 valence electrons. The van der Waals surface area contributed by atoms with Crippen LogP contribution < -0.4 is 10.6 Å². The van der Waals surface area contributed by atoms with Gasteiger partial charge in [-0.2, -0.15) is 13.2 Å². The van der Waals surface area contributed by atoms with E-state index >= 15 is 0 Å². The van der Waals surface area contributed by atoms with Gasteiger partial charge in [0.05, 0.1) is 12.1 Å². The quantitative estimate of drug-likeness (QED) is 0.530. The van der Waals surface area contributed by atoms with Crippen molar-refractivity contribution >= 4 is 28.8 Å². The first kappa shape index (κ1) is 24.9. The molecule has 0 aliphatic carbocycles. The van der Waals surface area contributed by atoms with E-state index in [1.54, 1.807) is 15.9 Å². The number of piperazine rings is 1. The number of aromatic nitrogens is 4. The third-order valence-electron chi connectivity index (χ3n) is 6.93. The molecule has 2 aliphatic heterocycles. The van der Waals surface area contributed by atoms with Crippen LogP contribution in [0.1, 0.15) is 22.5 Å². The van der Waals surface area contributed by atoms with E-state index < -0.39 is 17.6 Å². The van der Waals surface area contributed by atoms with Crippen molar-refractivity contribution in [2.45, 2.75) is 19.1 Å². The predicted octanol–water partition coefficient (Wildman–Crippen LogP) is 1.61. The normalized spacial score (nSPS) is 19.1. The van der Waals surface area contributed by atoms with Crippen molar-refractivity contribution in [1.29, 1.82) is 0 Å². The van der Waals surface area contributed by atoms with Crippen LogP contribution >= 0.6 is 0 Å². The fraction of sp³-hybridized carbons (Fsp3) is 0.458. The Labute approximate surface area is 210 Å². The fourth-order valence-electron chi connectivity index (χ4n) is 4.91. The van der Waals surface area contributed by atoms with E-state index in [1.807, 2.05) is 22.9 Å². The lowest BCUT2D eigenvalue weighted by atomic mass is 10.1. The SMILES string of the molecule is NC(=O)c1ccc2ccn(CC3CCN(CC(=O)N4CCN(c5ncc(C(F)(F)F)cn5)CC4)C3)c2n1. The highest BCUT2D eigenvalue weighted by molar-refractivity contribution is 5.93. The van der Waals surface area contributed by atoms with Crippen LogP contribution in [0.5, 0.6) is 0 Å². The molecule has 13 heteroatoms. The molecule has 2 fully saturated rings. The summed E-state index contributed by atoms with van der Waals surface area (Å²) in [7, 11) is 0. The summed E-state index contributed by atoms with van der Waals surface area (Å²) in [5.41, 5.74) is 5.44. The Morgan fingerprint density at radius 2 is 1.76 bits per heavy atom. The van der Waals surface area contributed by atoms with Crippen molar-refractivity contribution in [3.05, 3.63) is 48.0 Å². The minimum absolute atomic E-state index is 0.0350. The highest BCUT2D eigenvalue weighted by Crippen LogP contribution is 2.28. The van der Waals surface area contributed by atoms with Crippen molar-refractivity contribution in [3.63, 3.8) is 0 Å². The molecule has 5 rings (SSSR count). The molecule has 0 aromatic carbocycles. The van der Waals surface area contributed by atoms with E-state index in [0.29, 0.717) is 38.6 Å². The summed E-state index contributed by atoms with van der Waals surface area (Å²) in [6, 6.07) is 5.41. The van der Waals surface area contributed by atoms with Crippen molar-refractivity contribution in [2.75, 3.05) is 50.7 Å². The van der Waals surface area contributed by atoms with Crippen molar-refractivity contribution in [1.82, 2.24) is 29.3 Å². The molecule has 2 aliphatic rings. The van der Waals surface area contributed by atoms with Gasteiger partial charge in [-0.05, 0) is 37.1 Å². The molecule has 10 nitrogen and oxygen atoms in total. The molecule has 0 bridgehead atoms. The van der Waals surface area contributed by atoms with Crippen LogP contribution in [0, 0.1) is 5.92 Å². The second kappa shape index (κ2) is 9.96. The number of carbonyl (C=O) groups is 2. The molecule has 0 spiro atoms. The predicted molar refractivity (Wildman–Crippen MR) is 129 cm³/mol. The summed E-state index contributed by atoms with van der Waals surface area (Å²) < 4.78 is 40.2. The highest BCUT2D eigenvalue weighted by Gasteiger charge is 2.32. The third kappa shape index (κ3) is 5.50. The number of likely N-dealkylation sites (tertiary alicyclic amines) is 1. The van der Waals surface area contributed by atoms with Crippen LogP contribution in [-0.4, -0.2) is 86.9 Å². The van der Waals surface area contributed by atoms with Gasteiger partial charge in [0.1, 0.15) is 11.3 Å². The Morgan fingerprint density at radius 1 is 1.03 bits per heavy atom. The molecule has 2 amide bonds. The van der Waals surface area contributed by atoms with Crippen molar-refractivity contribution in [2.24, 2.45) is 11.7 Å². The number of nitrogens with zero attached hydrogens (tertiary/aromatic N) is 7. The zero-order chi connectivity index (χ0) is 26.2. The third-order valence-corrected chi connectivity index (χ3v) is 6.93. The number of halogens is 3. The first-order valence-corrected chi connectivity index (χ1v) is 12.1. The molecule has 1 atom stereocenters. The number of rotatable bonds is 6. The molecule has 3 aromatic rings. The largest absolute Gasteiger partial charge is 0.419 e. The number of carbonyl (C=O) groups excluding carboxylic acids is 2. The maximum atomic E-state index is 12.9. The summed E-state index contributed by atoms with van der Waals surface area (Å²) in [6.07, 6.45) is -0.00331. The number of alkyl halides is 3. The second-order valence-corrected chi connectivity index (χ2v) is 9.47. The standard InChI is InChI=1S/C24H27F3N8O2/c25-24(26,27)18-11-29-23(30-12-18)34-9-7-33(8-10-34)20(36)15-32-5-3-16(13-32)14-35-6-4-17-1-2-19(21(28)37)31-22(17)35/h1-2,4,6,11-12,16H,3,5,7-10,13-15H2,(H2,28,37). The summed E-state index contributed by atoms with van der Waals surface area (Å²) >= 11 is 0. The zero-order valence-corrected chi connectivity index (χ0v) is 20.1. The minimum atomic E-state index is -4.47. The number of fused-ring (bicyclic) bond motifs is 1. The topological polar surface area (TPSA) is 113 Å². The number of hydrogen-bond acceptors (Lipinski definition) is 7. The van der Waals surface area contributed by atoms with Gasteiger partial charge in [0, 0.05) is 63.2 Å². The van der Waals surface area contributed by atoms with Crippen molar-refractivity contribution in [3.8, 4) is 0 Å².